The van der Waals surface area contributed by atoms with Gasteiger partial charge in [0.15, 0.2) is 0 Å². The molecule has 2 unspecified atom stereocenters. The number of hydrogen-bond donors (Lipinski definition) is 0. The number of carboxylic acid groups (broad SMARTS) is 4. The first-order chi connectivity index (χ1) is 22.6. The van der Waals surface area contributed by atoms with Gasteiger partial charge in [-0.25, -0.2) is 0 Å². The van der Waals surface area contributed by atoms with E-state index in [0.717, 1.165) is 11.1 Å². The van der Waals surface area contributed by atoms with Crippen LogP contribution in [0.5, 0.6) is 0 Å². The van der Waals surface area contributed by atoms with Crippen molar-refractivity contribution < 1.29 is 39.6 Å². The summed E-state index contributed by atoms with van der Waals surface area (Å²) < 4.78 is 3.16. The van der Waals surface area contributed by atoms with Crippen LogP contribution < -0.4 is 27.6 Å². The Bertz CT molecular complexity index is 1350. The summed E-state index contributed by atoms with van der Waals surface area (Å²) in [5, 5.41) is 42.3. The van der Waals surface area contributed by atoms with E-state index < -0.39 is 56.9 Å². The van der Waals surface area contributed by atoms with E-state index in [9.17, 15) is 39.6 Å². The van der Waals surface area contributed by atoms with E-state index >= 15 is 0 Å². The van der Waals surface area contributed by atoms with Gasteiger partial charge in [0, 0.05) is 35.7 Å². The van der Waals surface area contributed by atoms with Crippen LogP contribution in [0.3, 0.4) is 0 Å². The fraction of sp³-hybridized carbons (Fsp3) is 0.263. The predicted octanol–water partition coefficient (Wildman–Crippen LogP) is -0.163. The summed E-state index contributed by atoms with van der Waals surface area (Å²) in [5.74, 6) is -5.85. The average Bonchev–Trinajstić information content (AvgIpc) is 3.06. The number of carbonyl (C=O) groups is 4. The topological polar surface area (TPSA) is 161 Å². The molecule has 4 rings (SSSR count). The van der Waals surface area contributed by atoms with Crippen LogP contribution in [0, 0.1) is 11.8 Å². The third-order valence-corrected chi connectivity index (χ3v) is 12.3. The van der Waals surface area contributed by atoms with Gasteiger partial charge in [-0.15, -0.1) is 0 Å². The van der Waals surface area contributed by atoms with Crippen molar-refractivity contribution in [2.75, 3.05) is 0 Å². The van der Waals surface area contributed by atoms with Gasteiger partial charge in [-0.2, -0.15) is 0 Å². The molecule has 0 bridgehead atoms. The van der Waals surface area contributed by atoms with Gasteiger partial charge < -0.3 is 39.6 Å². The Morgan fingerprint density at radius 2 is 0.766 bits per heavy atom. The first kappa shape index (κ1) is 38.7. The van der Waals surface area contributed by atoms with E-state index in [1.807, 2.05) is 60.7 Å². The van der Waals surface area contributed by atoms with E-state index in [4.69, 9.17) is 0 Å². The van der Waals surface area contributed by atoms with Gasteiger partial charge in [0.1, 0.15) is 0 Å². The van der Waals surface area contributed by atoms with Crippen LogP contribution in [-0.2, 0) is 32.0 Å². The standard InChI is InChI=1S/2C13H16O4.2C6H5.Sn.2H/c2*14-12(15)8-4-7-11(13(16)17)9-10-5-2-1-3-6-10;2*1-2-4-6-5-3-1;;;/h2*1-3,5-6,11H,4,7-9H2,(H,14,15)(H,16,17);2*1-5H;;;/q;;;;+4;;/p-4. The zero-order valence-corrected chi connectivity index (χ0v) is 30.4. The Morgan fingerprint density at radius 3 is 1.04 bits per heavy atom. The maximum absolute atomic E-state index is 10.9. The van der Waals surface area contributed by atoms with Crippen molar-refractivity contribution >= 4 is 52.2 Å². The molecule has 0 aliphatic rings. The first-order valence-electron chi connectivity index (χ1n) is 15.6. The number of aliphatic carboxylic acids is 4. The summed E-state index contributed by atoms with van der Waals surface area (Å²) in [5.41, 5.74) is 1.82. The third kappa shape index (κ3) is 18.3. The summed E-state index contributed by atoms with van der Waals surface area (Å²) in [6, 6.07) is 40.1. The molecule has 0 heterocycles. The summed E-state index contributed by atoms with van der Waals surface area (Å²) in [6.07, 6.45) is 1.71. The van der Waals surface area contributed by atoms with Crippen LogP contribution in [0.1, 0.15) is 49.7 Å². The molecule has 9 heteroatoms. The SMILES string of the molecule is O=C([O-])CCCC(Cc1ccccc1)C(=O)[O-].O=C([O-])CCCC(Cc1ccccc1)C(=O)[O-].c1cc[c]([SnH2+4][c]2ccccc2)cc1. The molecule has 0 N–H and O–H groups in total. The molecule has 8 nitrogen and oxygen atoms in total. The predicted molar refractivity (Wildman–Crippen MR) is 176 cm³/mol. The Kier molecular flexibility index (Phi) is 18.9. The molecular formula is C38H40O8Sn. The van der Waals surface area contributed by atoms with Crippen LogP contribution >= 0.6 is 0 Å². The van der Waals surface area contributed by atoms with Crippen molar-refractivity contribution in [1.82, 2.24) is 0 Å². The second-order valence-electron chi connectivity index (χ2n) is 11.1. The van der Waals surface area contributed by atoms with Crippen LogP contribution in [-0.4, -0.2) is 45.0 Å². The van der Waals surface area contributed by atoms with Crippen molar-refractivity contribution in [1.29, 1.82) is 0 Å². The molecule has 4 radical (unpaired) electrons. The molecule has 0 aliphatic heterocycles. The number of hydrogen-bond acceptors (Lipinski definition) is 8. The molecule has 4 aromatic carbocycles. The van der Waals surface area contributed by atoms with Gasteiger partial charge >= 0.3 is 89.0 Å². The van der Waals surface area contributed by atoms with Crippen molar-refractivity contribution in [2.24, 2.45) is 11.8 Å². The summed E-state index contributed by atoms with van der Waals surface area (Å²) in [6.45, 7) is 0. The maximum atomic E-state index is 10.9. The van der Waals surface area contributed by atoms with E-state index in [0.29, 0.717) is 38.5 Å². The van der Waals surface area contributed by atoms with Gasteiger partial charge in [-0.3, -0.25) is 0 Å². The molecule has 47 heavy (non-hydrogen) atoms. The van der Waals surface area contributed by atoms with Crippen LogP contribution in [0.2, 0.25) is 0 Å². The molecule has 0 aliphatic carbocycles. The van der Waals surface area contributed by atoms with E-state index in [2.05, 4.69) is 60.7 Å². The van der Waals surface area contributed by atoms with Crippen molar-refractivity contribution in [2.45, 2.75) is 51.4 Å². The number of carbonyl (C=O) groups excluding carboxylic acids is 4. The van der Waals surface area contributed by atoms with E-state index in [1.54, 1.807) is 7.16 Å². The molecule has 2 atom stereocenters. The van der Waals surface area contributed by atoms with Gasteiger partial charge in [-0.1, -0.05) is 60.7 Å². The quantitative estimate of drug-likeness (QED) is 0.143. The Labute approximate surface area is 286 Å². The Hall–Kier alpha value is -4.44. The minimum atomic E-state index is -1.15. The van der Waals surface area contributed by atoms with Crippen molar-refractivity contribution in [3.8, 4) is 0 Å². The number of rotatable bonds is 16. The van der Waals surface area contributed by atoms with Gasteiger partial charge in [0.2, 0.25) is 0 Å². The molecule has 4 aromatic rings. The zero-order valence-electron chi connectivity index (χ0n) is 26.3. The Balaban J connectivity index is 0.000000247. The van der Waals surface area contributed by atoms with Crippen LogP contribution in [0.25, 0.3) is 0 Å². The molecular weight excluding hydrogens is 703 g/mol. The monoisotopic (exact) mass is 744 g/mol. The normalized spacial score (nSPS) is 11.4. The van der Waals surface area contributed by atoms with E-state index in [-0.39, 0.29) is 12.8 Å². The zero-order chi connectivity index (χ0) is 34.3. The van der Waals surface area contributed by atoms with Gasteiger partial charge in [-0.05, 0) is 62.5 Å². The average molecular weight is 743 g/mol. The number of benzene rings is 4. The summed E-state index contributed by atoms with van der Waals surface area (Å²) in [7, 11) is 0. The molecule has 0 fully saturated rings. The first-order valence-corrected chi connectivity index (χ1v) is 19.6. The second kappa shape index (κ2) is 23.0. The second-order valence-corrected chi connectivity index (χ2v) is 16.8. The molecule has 0 spiro atoms. The van der Waals surface area contributed by atoms with E-state index in [1.165, 1.54) is 0 Å². The Morgan fingerprint density at radius 1 is 0.468 bits per heavy atom. The van der Waals surface area contributed by atoms with Gasteiger partial charge in [0.25, 0.3) is 0 Å². The fourth-order valence-corrected chi connectivity index (χ4v) is 9.06. The molecule has 0 aromatic heterocycles. The van der Waals surface area contributed by atoms with Gasteiger partial charge in [0.05, 0.1) is 0 Å². The molecule has 0 amide bonds. The van der Waals surface area contributed by atoms with Crippen LogP contribution in [0.4, 0.5) is 0 Å². The summed E-state index contributed by atoms with van der Waals surface area (Å²) >= 11 is -0.881. The van der Waals surface area contributed by atoms with Crippen molar-refractivity contribution in [3.05, 3.63) is 132 Å². The minimum absolute atomic E-state index is 0.113. The number of carboxylic acids is 4. The molecule has 244 valence electrons. The van der Waals surface area contributed by atoms with Crippen LogP contribution in [0.15, 0.2) is 121 Å². The van der Waals surface area contributed by atoms with Crippen molar-refractivity contribution in [3.63, 3.8) is 0 Å². The fourth-order valence-electron chi connectivity index (χ4n) is 4.82. The molecule has 0 saturated carbocycles. The summed E-state index contributed by atoms with van der Waals surface area (Å²) in [4.78, 5) is 42.3. The molecule has 0 saturated heterocycles. The third-order valence-electron chi connectivity index (χ3n) is 7.28.